The first kappa shape index (κ1) is 16.7. The summed E-state index contributed by atoms with van der Waals surface area (Å²) in [5.41, 5.74) is 3.82. The molecule has 7 nitrogen and oxygen atoms in total. The van der Waals surface area contributed by atoms with Crippen LogP contribution in [0.4, 0.5) is 5.82 Å². The molecule has 0 saturated carbocycles. The number of aromatic amines is 1. The summed E-state index contributed by atoms with van der Waals surface area (Å²) in [6.07, 6.45) is 3.85. The topological polar surface area (TPSA) is 90.8 Å². The third kappa shape index (κ3) is 3.43. The van der Waals surface area contributed by atoms with Crippen molar-refractivity contribution in [2.24, 2.45) is 5.92 Å². The molecule has 0 aromatic carbocycles. The zero-order chi connectivity index (χ0) is 18.1. The number of aromatic nitrogens is 5. The Bertz CT molecular complexity index is 894. The van der Waals surface area contributed by atoms with E-state index in [9.17, 15) is 5.11 Å². The molecule has 7 heteroatoms. The van der Waals surface area contributed by atoms with Crippen LogP contribution in [0.2, 0.25) is 0 Å². The van der Waals surface area contributed by atoms with E-state index in [1.54, 1.807) is 12.4 Å². The van der Waals surface area contributed by atoms with Crippen molar-refractivity contribution >= 4 is 5.82 Å². The summed E-state index contributed by atoms with van der Waals surface area (Å²) in [7, 11) is 0. The number of aliphatic hydroxyl groups excluding tert-OH is 1. The number of nitrogens with one attached hydrogen (secondary N) is 1. The van der Waals surface area contributed by atoms with Crippen LogP contribution in [-0.4, -0.2) is 49.4 Å². The van der Waals surface area contributed by atoms with Gasteiger partial charge in [0.1, 0.15) is 5.82 Å². The number of aliphatic hydroxyl groups is 1. The molecule has 0 spiro atoms. The van der Waals surface area contributed by atoms with Crippen LogP contribution in [0.15, 0.2) is 36.7 Å². The zero-order valence-electron chi connectivity index (χ0n) is 14.9. The van der Waals surface area contributed by atoms with E-state index in [1.807, 2.05) is 38.1 Å². The van der Waals surface area contributed by atoms with Gasteiger partial charge in [-0.3, -0.25) is 10.1 Å². The lowest BCUT2D eigenvalue weighted by Crippen LogP contribution is -2.22. The first-order chi connectivity index (χ1) is 12.6. The fraction of sp³-hybridized carbons (Fsp3) is 0.368. The van der Waals surface area contributed by atoms with Crippen LogP contribution < -0.4 is 4.90 Å². The van der Waals surface area contributed by atoms with E-state index in [0.717, 1.165) is 41.4 Å². The van der Waals surface area contributed by atoms with Gasteiger partial charge in [-0.2, -0.15) is 5.10 Å². The van der Waals surface area contributed by atoms with Gasteiger partial charge in [-0.1, -0.05) is 0 Å². The van der Waals surface area contributed by atoms with Gasteiger partial charge in [0.25, 0.3) is 0 Å². The van der Waals surface area contributed by atoms with Gasteiger partial charge in [0.2, 0.25) is 0 Å². The van der Waals surface area contributed by atoms with Gasteiger partial charge >= 0.3 is 0 Å². The van der Waals surface area contributed by atoms with Crippen LogP contribution in [0.1, 0.15) is 17.1 Å². The van der Waals surface area contributed by atoms with Crippen molar-refractivity contribution < 1.29 is 5.11 Å². The molecule has 1 aliphatic rings. The van der Waals surface area contributed by atoms with Crippen LogP contribution in [0.5, 0.6) is 0 Å². The van der Waals surface area contributed by atoms with Crippen LogP contribution in [0, 0.1) is 19.8 Å². The number of rotatable bonds is 4. The Balaban J connectivity index is 1.55. The highest BCUT2D eigenvalue weighted by molar-refractivity contribution is 5.57. The number of pyridine rings is 1. The van der Waals surface area contributed by atoms with Gasteiger partial charge in [-0.15, -0.1) is 0 Å². The van der Waals surface area contributed by atoms with Crippen molar-refractivity contribution in [3.8, 4) is 11.4 Å². The molecule has 134 valence electrons. The number of hydrogen-bond acceptors (Lipinski definition) is 6. The van der Waals surface area contributed by atoms with E-state index in [0.29, 0.717) is 12.4 Å². The molecule has 3 aromatic heterocycles. The average molecular weight is 350 g/mol. The lowest BCUT2D eigenvalue weighted by Gasteiger charge is -2.18. The number of nitrogens with zero attached hydrogens (tertiary/aromatic N) is 5. The summed E-state index contributed by atoms with van der Waals surface area (Å²) < 4.78 is 0. The second-order valence-electron chi connectivity index (χ2n) is 6.91. The normalized spacial score (nSPS) is 19.9. The molecule has 0 amide bonds. The van der Waals surface area contributed by atoms with Gasteiger partial charge in [0, 0.05) is 54.4 Å². The molecule has 3 aromatic rings. The van der Waals surface area contributed by atoms with Crippen molar-refractivity contribution in [3.05, 3.63) is 53.7 Å². The first-order valence-electron chi connectivity index (χ1n) is 8.78. The summed E-state index contributed by atoms with van der Waals surface area (Å²) in [5, 5.41) is 17.8. The minimum absolute atomic E-state index is 0.134. The maximum absolute atomic E-state index is 10.5. The van der Waals surface area contributed by atoms with Crippen molar-refractivity contribution in [2.75, 3.05) is 18.0 Å². The van der Waals surface area contributed by atoms with Crippen LogP contribution in [-0.2, 0) is 6.42 Å². The monoisotopic (exact) mass is 350 g/mol. The van der Waals surface area contributed by atoms with Gasteiger partial charge in [0.15, 0.2) is 5.82 Å². The lowest BCUT2D eigenvalue weighted by atomic mass is 10.0. The number of β-amino-alcohol motifs (C(OH)–C–C–N with tert-alkyl or cyclic N) is 1. The molecule has 0 unspecified atom stereocenters. The predicted octanol–water partition coefficient (Wildman–Crippen LogP) is 1.92. The molecule has 2 atom stereocenters. The Morgan fingerprint density at radius 1 is 1.23 bits per heavy atom. The van der Waals surface area contributed by atoms with Gasteiger partial charge < -0.3 is 10.0 Å². The number of H-pyrrole nitrogens is 1. The van der Waals surface area contributed by atoms with Crippen LogP contribution in [0.3, 0.4) is 0 Å². The quantitative estimate of drug-likeness (QED) is 0.747. The van der Waals surface area contributed by atoms with E-state index >= 15 is 0 Å². The van der Waals surface area contributed by atoms with Crippen molar-refractivity contribution in [1.29, 1.82) is 0 Å². The highest BCUT2D eigenvalue weighted by Gasteiger charge is 2.33. The highest BCUT2D eigenvalue weighted by atomic mass is 16.3. The minimum atomic E-state index is -0.399. The summed E-state index contributed by atoms with van der Waals surface area (Å²) in [5.74, 6) is 1.64. The molecule has 1 fully saturated rings. The van der Waals surface area contributed by atoms with E-state index in [1.165, 1.54) is 0 Å². The van der Waals surface area contributed by atoms with Crippen molar-refractivity contribution in [2.45, 2.75) is 26.4 Å². The fourth-order valence-corrected chi connectivity index (χ4v) is 3.43. The zero-order valence-corrected chi connectivity index (χ0v) is 14.9. The average Bonchev–Trinajstić information content (AvgIpc) is 3.21. The second-order valence-corrected chi connectivity index (χ2v) is 6.91. The Morgan fingerprint density at radius 2 is 2.12 bits per heavy atom. The van der Waals surface area contributed by atoms with E-state index in [-0.39, 0.29) is 5.92 Å². The summed E-state index contributed by atoms with van der Waals surface area (Å²) in [4.78, 5) is 15.5. The Hall–Kier alpha value is -2.80. The first-order valence-corrected chi connectivity index (χ1v) is 8.78. The summed E-state index contributed by atoms with van der Waals surface area (Å²) >= 11 is 0. The Labute approximate surface area is 152 Å². The largest absolute Gasteiger partial charge is 0.391 e. The minimum Gasteiger partial charge on any atom is -0.391 e. The lowest BCUT2D eigenvalue weighted by molar-refractivity contribution is 0.148. The molecule has 2 N–H and O–H groups in total. The third-order valence-corrected chi connectivity index (χ3v) is 4.72. The maximum atomic E-state index is 10.5. The molecule has 4 heterocycles. The third-order valence-electron chi connectivity index (χ3n) is 4.72. The molecular weight excluding hydrogens is 328 g/mol. The Morgan fingerprint density at radius 3 is 2.85 bits per heavy atom. The van der Waals surface area contributed by atoms with E-state index in [2.05, 4.69) is 25.1 Å². The van der Waals surface area contributed by atoms with Crippen LogP contribution >= 0.6 is 0 Å². The molecule has 1 saturated heterocycles. The molecule has 0 radical (unpaired) electrons. The SMILES string of the molecule is Cc1cc(N2C[C@@H](Cc3cc(C)[nH]n3)[C@H](O)C2)nc(-c2cccnc2)n1. The fourth-order valence-electron chi connectivity index (χ4n) is 3.43. The van der Waals surface area contributed by atoms with Gasteiger partial charge in [-0.05, 0) is 38.5 Å². The van der Waals surface area contributed by atoms with Gasteiger partial charge in [-0.25, -0.2) is 9.97 Å². The van der Waals surface area contributed by atoms with Crippen molar-refractivity contribution in [1.82, 2.24) is 25.1 Å². The maximum Gasteiger partial charge on any atom is 0.163 e. The van der Waals surface area contributed by atoms with Crippen LogP contribution in [0.25, 0.3) is 11.4 Å². The molecule has 4 rings (SSSR count). The smallest absolute Gasteiger partial charge is 0.163 e. The highest BCUT2D eigenvalue weighted by Crippen LogP contribution is 2.27. The summed E-state index contributed by atoms with van der Waals surface area (Å²) in [6.45, 7) is 5.26. The number of hydrogen-bond donors (Lipinski definition) is 2. The standard InChI is InChI=1S/C19H22N6O/c1-12-7-18(22-19(21-12)14-4-3-5-20-9-14)25-10-15(17(26)11-25)8-16-6-13(2)23-24-16/h3-7,9,15,17,26H,8,10-11H2,1-2H3,(H,23,24)/t15-,17-/m1/s1. The predicted molar refractivity (Wildman–Crippen MR) is 98.7 cm³/mol. The Kier molecular flexibility index (Phi) is 4.38. The number of aryl methyl sites for hydroxylation is 2. The number of anilines is 1. The van der Waals surface area contributed by atoms with Gasteiger partial charge in [0.05, 0.1) is 11.8 Å². The molecule has 26 heavy (non-hydrogen) atoms. The van der Waals surface area contributed by atoms with E-state index in [4.69, 9.17) is 4.98 Å². The molecule has 1 aliphatic heterocycles. The second kappa shape index (κ2) is 6.84. The molecular formula is C19H22N6O. The van der Waals surface area contributed by atoms with Crippen molar-refractivity contribution in [3.63, 3.8) is 0 Å². The molecule has 0 aliphatic carbocycles. The van der Waals surface area contributed by atoms with E-state index < -0.39 is 6.10 Å². The molecule has 0 bridgehead atoms. The summed E-state index contributed by atoms with van der Waals surface area (Å²) in [6, 6.07) is 7.83.